The van der Waals surface area contributed by atoms with Gasteiger partial charge in [-0.05, 0) is 18.2 Å². The number of aromatic hydroxyl groups is 4. The van der Waals surface area contributed by atoms with Crippen molar-refractivity contribution >= 4 is 17.2 Å². The van der Waals surface area contributed by atoms with Crippen LogP contribution in [0.5, 0.6) is 28.7 Å². The van der Waals surface area contributed by atoms with Crippen molar-refractivity contribution in [2.75, 3.05) is 0 Å². The summed E-state index contributed by atoms with van der Waals surface area (Å²) in [7, 11) is 0. The lowest BCUT2D eigenvalue weighted by molar-refractivity contribution is 0.174. The standard InChI is InChI=1S/C16H9FO8/c17-16(23)25-15-13(22)12-10(21)4-7(18)5-11(12)24-14(15)6-1-2-8(19)9(20)3-6/h1-5,18-21H. The Morgan fingerprint density at radius 2 is 1.72 bits per heavy atom. The Labute approximate surface area is 137 Å². The summed E-state index contributed by atoms with van der Waals surface area (Å²) in [6.07, 6.45) is -2.30. The molecule has 0 spiro atoms. The van der Waals surface area contributed by atoms with Crippen molar-refractivity contribution in [1.82, 2.24) is 0 Å². The molecule has 3 aromatic rings. The number of carbonyl (C=O) groups is 1. The minimum Gasteiger partial charge on any atom is -0.508 e. The maximum atomic E-state index is 12.7. The van der Waals surface area contributed by atoms with E-state index in [4.69, 9.17) is 4.42 Å². The first-order valence-electron chi connectivity index (χ1n) is 6.70. The summed E-state index contributed by atoms with van der Waals surface area (Å²) in [6, 6.07) is 5.12. The van der Waals surface area contributed by atoms with Crippen LogP contribution in [0, 0.1) is 0 Å². The van der Waals surface area contributed by atoms with Gasteiger partial charge in [-0.25, -0.2) is 4.79 Å². The van der Waals surface area contributed by atoms with Crippen LogP contribution in [-0.4, -0.2) is 26.6 Å². The van der Waals surface area contributed by atoms with E-state index in [9.17, 15) is 34.4 Å². The van der Waals surface area contributed by atoms with Gasteiger partial charge < -0.3 is 29.6 Å². The molecule has 3 rings (SSSR count). The lowest BCUT2D eigenvalue weighted by Gasteiger charge is -2.10. The van der Waals surface area contributed by atoms with Crippen molar-refractivity contribution in [2.24, 2.45) is 0 Å². The first kappa shape index (κ1) is 16.1. The van der Waals surface area contributed by atoms with E-state index >= 15 is 0 Å². The van der Waals surface area contributed by atoms with E-state index in [1.165, 1.54) is 6.07 Å². The Morgan fingerprint density at radius 1 is 1.00 bits per heavy atom. The Hall–Kier alpha value is -3.75. The molecule has 0 amide bonds. The van der Waals surface area contributed by atoms with E-state index in [-0.39, 0.29) is 11.1 Å². The van der Waals surface area contributed by atoms with Gasteiger partial charge in [-0.15, -0.1) is 4.39 Å². The highest BCUT2D eigenvalue weighted by Gasteiger charge is 2.23. The molecule has 0 fully saturated rings. The van der Waals surface area contributed by atoms with E-state index in [1.807, 2.05) is 0 Å². The first-order valence-corrected chi connectivity index (χ1v) is 6.70. The lowest BCUT2D eigenvalue weighted by atomic mass is 10.1. The monoisotopic (exact) mass is 348 g/mol. The van der Waals surface area contributed by atoms with Gasteiger partial charge in [-0.1, -0.05) is 0 Å². The van der Waals surface area contributed by atoms with Gasteiger partial charge in [-0.2, -0.15) is 0 Å². The first-order chi connectivity index (χ1) is 11.8. The minimum absolute atomic E-state index is 0.0339. The molecular weight excluding hydrogens is 339 g/mol. The van der Waals surface area contributed by atoms with Crippen molar-refractivity contribution < 1.29 is 38.8 Å². The molecular formula is C16H9FO8. The van der Waals surface area contributed by atoms with Gasteiger partial charge >= 0.3 is 6.22 Å². The van der Waals surface area contributed by atoms with Gasteiger partial charge in [0.25, 0.3) is 0 Å². The van der Waals surface area contributed by atoms with Crippen molar-refractivity contribution in [1.29, 1.82) is 0 Å². The fraction of sp³-hybridized carbons (Fsp3) is 0. The maximum absolute atomic E-state index is 12.7. The molecule has 0 aliphatic heterocycles. The van der Waals surface area contributed by atoms with Crippen LogP contribution in [0.3, 0.4) is 0 Å². The molecule has 4 N–H and O–H groups in total. The van der Waals surface area contributed by atoms with Crippen LogP contribution in [0.1, 0.15) is 0 Å². The molecule has 0 saturated heterocycles. The van der Waals surface area contributed by atoms with Crippen molar-refractivity contribution in [3.8, 4) is 40.1 Å². The van der Waals surface area contributed by atoms with Gasteiger partial charge in [0.2, 0.25) is 11.2 Å². The second-order valence-electron chi connectivity index (χ2n) is 4.97. The molecule has 0 saturated carbocycles. The second-order valence-corrected chi connectivity index (χ2v) is 4.97. The molecule has 0 bridgehead atoms. The lowest BCUT2D eigenvalue weighted by Crippen LogP contribution is -2.12. The highest BCUT2D eigenvalue weighted by molar-refractivity contribution is 5.89. The maximum Gasteiger partial charge on any atom is 0.501 e. The molecule has 0 atom stereocenters. The summed E-state index contributed by atoms with van der Waals surface area (Å²) in [4.78, 5) is 23.2. The van der Waals surface area contributed by atoms with Crippen molar-refractivity contribution in [3.63, 3.8) is 0 Å². The van der Waals surface area contributed by atoms with Gasteiger partial charge in [0.05, 0.1) is 0 Å². The van der Waals surface area contributed by atoms with Gasteiger partial charge in [0.1, 0.15) is 22.5 Å². The number of carbonyl (C=O) groups excluding carboxylic acids is 1. The number of phenols is 4. The van der Waals surface area contributed by atoms with E-state index in [0.29, 0.717) is 0 Å². The quantitative estimate of drug-likeness (QED) is 0.410. The average Bonchev–Trinajstić information content (AvgIpc) is 2.51. The van der Waals surface area contributed by atoms with Crippen LogP contribution >= 0.6 is 0 Å². The normalized spacial score (nSPS) is 10.8. The molecule has 0 aliphatic carbocycles. The number of fused-ring (bicyclic) bond motifs is 1. The number of hydrogen-bond donors (Lipinski definition) is 4. The second kappa shape index (κ2) is 5.71. The molecule has 0 aliphatic rings. The number of phenolic OH excluding ortho intramolecular Hbond substituents is 4. The van der Waals surface area contributed by atoms with Gasteiger partial charge in [0.15, 0.2) is 17.3 Å². The number of hydrogen-bond acceptors (Lipinski definition) is 8. The molecule has 2 aromatic carbocycles. The number of halogens is 1. The fourth-order valence-corrected chi connectivity index (χ4v) is 2.30. The fourth-order valence-electron chi connectivity index (χ4n) is 2.30. The number of rotatable bonds is 2. The predicted octanol–water partition coefficient (Wildman–Crippen LogP) is 2.75. The molecule has 25 heavy (non-hydrogen) atoms. The summed E-state index contributed by atoms with van der Waals surface area (Å²) in [5.74, 6) is -3.44. The molecule has 9 heteroatoms. The molecule has 0 unspecified atom stereocenters. The Bertz CT molecular complexity index is 1070. The van der Waals surface area contributed by atoms with Crippen LogP contribution in [0.15, 0.2) is 39.5 Å². The highest BCUT2D eigenvalue weighted by atomic mass is 19.1. The van der Waals surface area contributed by atoms with Crippen LogP contribution in [0.4, 0.5) is 9.18 Å². The minimum atomic E-state index is -2.30. The highest BCUT2D eigenvalue weighted by Crippen LogP contribution is 2.38. The Morgan fingerprint density at radius 3 is 2.36 bits per heavy atom. The van der Waals surface area contributed by atoms with Gasteiger partial charge in [-0.3, -0.25) is 4.79 Å². The van der Waals surface area contributed by atoms with Crippen molar-refractivity contribution in [3.05, 3.63) is 40.6 Å². The molecule has 1 heterocycles. The summed E-state index contributed by atoms with van der Waals surface area (Å²) < 4.78 is 22.4. The van der Waals surface area contributed by atoms with Gasteiger partial charge in [0, 0.05) is 17.7 Å². The van der Waals surface area contributed by atoms with E-state index in [1.54, 1.807) is 0 Å². The third kappa shape index (κ3) is 2.78. The Kier molecular flexibility index (Phi) is 3.68. The molecule has 0 radical (unpaired) electrons. The zero-order valence-corrected chi connectivity index (χ0v) is 12.2. The molecule has 128 valence electrons. The van der Waals surface area contributed by atoms with E-state index in [0.717, 1.165) is 24.3 Å². The number of ether oxygens (including phenoxy) is 1. The predicted molar refractivity (Wildman–Crippen MR) is 81.7 cm³/mol. The summed E-state index contributed by atoms with van der Waals surface area (Å²) in [5.41, 5.74) is -1.38. The molecule has 1 aromatic heterocycles. The van der Waals surface area contributed by atoms with Crippen LogP contribution in [0.2, 0.25) is 0 Å². The third-order valence-electron chi connectivity index (χ3n) is 3.34. The summed E-state index contributed by atoms with van der Waals surface area (Å²) >= 11 is 0. The zero-order valence-electron chi connectivity index (χ0n) is 12.2. The largest absolute Gasteiger partial charge is 0.508 e. The topological polar surface area (TPSA) is 137 Å². The summed E-state index contributed by atoms with van der Waals surface area (Å²) in [6.45, 7) is 0. The van der Waals surface area contributed by atoms with Crippen LogP contribution in [0.25, 0.3) is 22.3 Å². The number of benzene rings is 2. The zero-order chi connectivity index (χ0) is 18.3. The van der Waals surface area contributed by atoms with E-state index in [2.05, 4.69) is 4.74 Å². The molecule has 8 nitrogen and oxygen atoms in total. The van der Waals surface area contributed by atoms with Crippen LogP contribution < -0.4 is 10.2 Å². The average molecular weight is 348 g/mol. The third-order valence-corrected chi connectivity index (χ3v) is 3.34. The Balaban J connectivity index is 2.41. The van der Waals surface area contributed by atoms with Crippen LogP contribution in [-0.2, 0) is 0 Å². The van der Waals surface area contributed by atoms with Crippen molar-refractivity contribution in [2.45, 2.75) is 0 Å². The summed E-state index contributed by atoms with van der Waals surface area (Å²) in [5, 5.41) is 37.8. The smallest absolute Gasteiger partial charge is 0.501 e. The van der Waals surface area contributed by atoms with E-state index < -0.39 is 51.5 Å². The SMILES string of the molecule is O=C(F)Oc1c(-c2ccc(O)c(O)c2)oc2cc(O)cc(O)c2c1=O.